The van der Waals surface area contributed by atoms with Crippen LogP contribution in [0.25, 0.3) is 0 Å². The molecule has 0 radical (unpaired) electrons. The van der Waals surface area contributed by atoms with E-state index in [-0.39, 0.29) is 12.0 Å². The number of piperidine rings is 2. The fraction of sp³-hybridized carbons (Fsp3) is 0.708. The summed E-state index contributed by atoms with van der Waals surface area (Å²) in [6.07, 6.45) is 15.6. The second-order valence-electron chi connectivity index (χ2n) is 10.00. The third-order valence-electron chi connectivity index (χ3n) is 8.03. The minimum Gasteiger partial charge on any atom is -0.360 e. The maximum atomic E-state index is 12.1. The average Bonchev–Trinajstić information content (AvgIpc) is 2.71. The van der Waals surface area contributed by atoms with Gasteiger partial charge in [0.15, 0.2) is 0 Å². The van der Waals surface area contributed by atoms with Gasteiger partial charge in [-0.15, -0.1) is 0 Å². The van der Waals surface area contributed by atoms with Gasteiger partial charge >= 0.3 is 7.60 Å². The molecule has 1 saturated carbocycles. The van der Waals surface area contributed by atoms with E-state index in [1.165, 1.54) is 64.2 Å². The smallest absolute Gasteiger partial charge is 0.360 e. The standard InChI is InChI=1S/C24H36N3O3P/c28-31(29,30)24-17-26(23-14-7-6-13-22(23)25-24)21-15-19-11-8-12-20(16-21)27(19)18-9-4-2-1-3-5-10-18/h6-7,13-14,18-21H,1-5,8-12,15-17H2,(H2,28,29,30)/t19-,20+,21?. The normalized spacial score (nSPS) is 30.8. The molecule has 2 bridgehead atoms. The summed E-state index contributed by atoms with van der Waals surface area (Å²) in [6, 6.07) is 10.1. The molecule has 3 atom stereocenters. The molecule has 0 spiro atoms. The van der Waals surface area contributed by atoms with E-state index in [0.717, 1.165) is 24.6 Å². The van der Waals surface area contributed by atoms with Crippen LogP contribution < -0.4 is 4.90 Å². The number of rotatable bonds is 3. The van der Waals surface area contributed by atoms with Crippen molar-refractivity contribution in [1.29, 1.82) is 0 Å². The largest absolute Gasteiger partial charge is 0.372 e. The SMILES string of the molecule is O=P(O)(O)C1=Nc2ccccc2N(C2C[C@H]3CCC[C@@H](C2)N3C2CCCCCCC2)C1. The van der Waals surface area contributed by atoms with Gasteiger partial charge in [-0.3, -0.25) is 9.46 Å². The molecule has 0 aromatic heterocycles. The van der Waals surface area contributed by atoms with Gasteiger partial charge in [0.25, 0.3) is 0 Å². The predicted octanol–water partition coefficient (Wildman–Crippen LogP) is 5.21. The number of anilines is 1. The topological polar surface area (TPSA) is 76.4 Å². The quantitative estimate of drug-likeness (QED) is 0.625. The third kappa shape index (κ3) is 4.50. The van der Waals surface area contributed by atoms with Crippen molar-refractivity contribution < 1.29 is 14.4 Å². The summed E-state index contributed by atoms with van der Waals surface area (Å²) in [7, 11) is -4.35. The molecule has 1 unspecified atom stereocenters. The van der Waals surface area contributed by atoms with Gasteiger partial charge in [0.1, 0.15) is 5.45 Å². The minimum absolute atomic E-state index is 0.0128. The maximum absolute atomic E-state index is 12.1. The van der Waals surface area contributed by atoms with Crippen LogP contribution in [0.4, 0.5) is 11.4 Å². The fourth-order valence-corrected chi connectivity index (χ4v) is 7.24. The van der Waals surface area contributed by atoms with Crippen LogP contribution in [-0.4, -0.2) is 50.9 Å². The number of hydrogen-bond acceptors (Lipinski definition) is 4. The third-order valence-corrected chi connectivity index (χ3v) is 8.95. The lowest BCUT2D eigenvalue weighted by molar-refractivity contribution is -0.0144. The molecule has 5 rings (SSSR count). The van der Waals surface area contributed by atoms with Crippen molar-refractivity contribution in [1.82, 2.24) is 4.90 Å². The summed E-state index contributed by atoms with van der Waals surface area (Å²) < 4.78 is 12.1. The Morgan fingerprint density at radius 3 is 2.10 bits per heavy atom. The van der Waals surface area contributed by atoms with Crippen molar-refractivity contribution in [3.63, 3.8) is 0 Å². The van der Waals surface area contributed by atoms with E-state index >= 15 is 0 Å². The molecule has 31 heavy (non-hydrogen) atoms. The van der Waals surface area contributed by atoms with Crippen LogP contribution in [0.2, 0.25) is 0 Å². The van der Waals surface area contributed by atoms with Crippen molar-refractivity contribution in [3.05, 3.63) is 24.3 Å². The summed E-state index contributed by atoms with van der Waals surface area (Å²) >= 11 is 0. The molecule has 3 heterocycles. The van der Waals surface area contributed by atoms with Gasteiger partial charge in [-0.2, -0.15) is 0 Å². The van der Waals surface area contributed by atoms with E-state index in [1.807, 2.05) is 18.2 Å². The Morgan fingerprint density at radius 1 is 0.806 bits per heavy atom. The van der Waals surface area contributed by atoms with Gasteiger partial charge in [0.05, 0.1) is 17.9 Å². The number of hydrogen-bond donors (Lipinski definition) is 2. The molecule has 4 aliphatic rings. The predicted molar refractivity (Wildman–Crippen MR) is 125 cm³/mol. The second-order valence-corrected chi connectivity index (χ2v) is 11.6. The number of para-hydroxylation sites is 2. The van der Waals surface area contributed by atoms with E-state index in [0.29, 0.717) is 23.8 Å². The lowest BCUT2D eigenvalue weighted by Crippen LogP contribution is -2.60. The molecule has 3 aliphatic heterocycles. The number of nitrogens with zero attached hydrogens (tertiary/aromatic N) is 3. The number of fused-ring (bicyclic) bond motifs is 3. The van der Waals surface area contributed by atoms with Crippen LogP contribution in [0.5, 0.6) is 0 Å². The van der Waals surface area contributed by atoms with Crippen LogP contribution in [0.15, 0.2) is 29.3 Å². The first-order valence-electron chi connectivity index (χ1n) is 12.3. The van der Waals surface area contributed by atoms with E-state index in [4.69, 9.17) is 0 Å². The van der Waals surface area contributed by atoms with Crippen LogP contribution in [0, 0.1) is 0 Å². The average molecular weight is 446 g/mol. The first-order valence-corrected chi connectivity index (χ1v) is 13.9. The summed E-state index contributed by atoms with van der Waals surface area (Å²) in [4.78, 5) is 29.2. The van der Waals surface area contributed by atoms with Gasteiger partial charge in [0, 0.05) is 24.2 Å². The first kappa shape index (κ1) is 21.6. The molecule has 1 aliphatic carbocycles. The van der Waals surface area contributed by atoms with Crippen LogP contribution >= 0.6 is 7.60 Å². The van der Waals surface area contributed by atoms with Gasteiger partial charge in [-0.05, 0) is 50.7 Å². The summed E-state index contributed by atoms with van der Waals surface area (Å²) in [5, 5.41) is 0. The lowest BCUT2D eigenvalue weighted by atomic mass is 9.78. The van der Waals surface area contributed by atoms with Crippen molar-refractivity contribution in [2.45, 2.75) is 101 Å². The number of aliphatic imine (C=N–C) groups is 1. The maximum Gasteiger partial charge on any atom is 0.372 e. The van der Waals surface area contributed by atoms with Crippen molar-refractivity contribution in [2.24, 2.45) is 4.99 Å². The Labute approximate surface area is 185 Å². The zero-order valence-corrected chi connectivity index (χ0v) is 19.3. The molecule has 2 saturated heterocycles. The zero-order chi connectivity index (χ0) is 21.4. The summed E-state index contributed by atoms with van der Waals surface area (Å²) in [5.41, 5.74) is 1.74. The van der Waals surface area contributed by atoms with Crippen LogP contribution in [0.3, 0.4) is 0 Å². The molecular formula is C24H36N3O3P. The van der Waals surface area contributed by atoms with E-state index in [2.05, 4.69) is 20.9 Å². The van der Waals surface area contributed by atoms with Gasteiger partial charge in [-0.1, -0.05) is 50.7 Å². The molecular weight excluding hydrogens is 409 g/mol. The highest BCUT2D eigenvalue weighted by molar-refractivity contribution is 7.70. The molecule has 1 aromatic rings. The highest BCUT2D eigenvalue weighted by atomic mass is 31.2. The van der Waals surface area contributed by atoms with E-state index < -0.39 is 7.60 Å². The minimum atomic E-state index is -4.35. The number of benzene rings is 1. The summed E-state index contributed by atoms with van der Waals surface area (Å²) in [6.45, 7) is 0.245. The molecule has 1 aromatic carbocycles. The highest BCUT2D eigenvalue weighted by Gasteiger charge is 2.44. The van der Waals surface area contributed by atoms with Crippen molar-refractivity contribution in [2.75, 3.05) is 11.4 Å². The first-order chi connectivity index (χ1) is 15.0. The Morgan fingerprint density at radius 2 is 1.42 bits per heavy atom. The Kier molecular flexibility index (Phi) is 6.26. The van der Waals surface area contributed by atoms with E-state index in [9.17, 15) is 14.4 Å². The Bertz CT molecular complexity index is 847. The molecule has 7 heteroatoms. The molecule has 0 amide bonds. The van der Waals surface area contributed by atoms with Crippen LogP contribution in [-0.2, 0) is 4.57 Å². The zero-order valence-electron chi connectivity index (χ0n) is 18.4. The molecule has 6 nitrogen and oxygen atoms in total. The summed E-state index contributed by atoms with van der Waals surface area (Å²) in [5.74, 6) is 0. The van der Waals surface area contributed by atoms with Gasteiger partial charge < -0.3 is 14.7 Å². The molecule has 170 valence electrons. The highest BCUT2D eigenvalue weighted by Crippen LogP contribution is 2.47. The van der Waals surface area contributed by atoms with Crippen molar-refractivity contribution >= 4 is 24.4 Å². The Balaban J connectivity index is 1.39. The fourth-order valence-electron chi connectivity index (χ4n) is 6.67. The van der Waals surface area contributed by atoms with Gasteiger partial charge in [-0.25, -0.2) is 4.99 Å². The van der Waals surface area contributed by atoms with Crippen LogP contribution in [0.1, 0.15) is 77.0 Å². The Hall–Kier alpha value is -1.20. The van der Waals surface area contributed by atoms with Gasteiger partial charge in [0.2, 0.25) is 0 Å². The molecule has 2 N–H and O–H groups in total. The monoisotopic (exact) mass is 445 g/mol. The molecule has 3 fully saturated rings. The van der Waals surface area contributed by atoms with Crippen molar-refractivity contribution in [3.8, 4) is 0 Å². The second kappa shape index (κ2) is 8.97. The van der Waals surface area contributed by atoms with E-state index in [1.54, 1.807) is 0 Å². The lowest BCUT2D eigenvalue weighted by Gasteiger charge is -2.55.